The highest BCUT2D eigenvalue weighted by Crippen LogP contribution is 2.30. The number of aromatic nitrogens is 3. The number of rotatable bonds is 5. The minimum Gasteiger partial charge on any atom is -0.352 e. The molecular formula is C27H25N5O2. The molecular weight excluding hydrogens is 426 g/mol. The second-order valence-electron chi connectivity index (χ2n) is 9.06. The fraction of sp³-hybridized carbons (Fsp3) is 0.259. The second kappa shape index (κ2) is 8.41. The molecule has 3 heterocycles. The first-order chi connectivity index (χ1) is 16.7. The van der Waals surface area contributed by atoms with E-state index in [1.54, 1.807) is 17.4 Å². The average Bonchev–Trinajstić information content (AvgIpc) is 3.60. The zero-order chi connectivity index (χ0) is 23.1. The van der Waals surface area contributed by atoms with Crippen molar-refractivity contribution in [2.75, 3.05) is 11.4 Å². The number of carbonyl (C=O) groups excluding carboxylic acids is 2. The fourth-order valence-electron chi connectivity index (χ4n) is 5.00. The van der Waals surface area contributed by atoms with Crippen molar-refractivity contribution in [2.24, 2.45) is 5.92 Å². The number of imidazole rings is 1. The number of nitrogens with zero attached hydrogens (tertiary/aromatic N) is 4. The number of hydrogen-bond donors (Lipinski definition) is 1. The van der Waals surface area contributed by atoms with Gasteiger partial charge in [-0.05, 0) is 66.3 Å². The summed E-state index contributed by atoms with van der Waals surface area (Å²) < 4.78 is 1.94. The molecule has 4 aromatic rings. The molecule has 2 amide bonds. The van der Waals surface area contributed by atoms with Crippen LogP contribution in [0.1, 0.15) is 29.5 Å². The predicted molar refractivity (Wildman–Crippen MR) is 130 cm³/mol. The Morgan fingerprint density at radius 1 is 1.03 bits per heavy atom. The van der Waals surface area contributed by atoms with Crippen LogP contribution in [0.5, 0.6) is 0 Å². The standard InChI is InChI=1S/C27H25N5O2/c33-26-13-21(16-31(26)22-10-9-19-4-3-5-20(19)12-22)27(34)29-15-18-8-11-25(28-14-18)32-17-30-23-6-1-2-7-24(23)32/h1-2,6-12,14,17,21H,3-5,13,15-16H2,(H,29,34). The molecule has 0 spiro atoms. The Balaban J connectivity index is 1.09. The van der Waals surface area contributed by atoms with Crippen LogP contribution in [-0.2, 0) is 29.0 Å². The number of hydrogen-bond acceptors (Lipinski definition) is 4. The minimum atomic E-state index is -0.342. The molecule has 6 rings (SSSR count). The third-order valence-electron chi connectivity index (χ3n) is 6.87. The zero-order valence-electron chi connectivity index (χ0n) is 18.8. The summed E-state index contributed by atoms with van der Waals surface area (Å²) in [5.41, 5.74) is 6.44. The van der Waals surface area contributed by atoms with Gasteiger partial charge in [0.1, 0.15) is 12.1 Å². The van der Waals surface area contributed by atoms with Crippen LogP contribution in [0.25, 0.3) is 16.9 Å². The fourth-order valence-corrected chi connectivity index (χ4v) is 5.00. The largest absolute Gasteiger partial charge is 0.352 e. The van der Waals surface area contributed by atoms with Crippen LogP contribution in [0.15, 0.2) is 67.1 Å². The van der Waals surface area contributed by atoms with Crippen molar-refractivity contribution in [3.8, 4) is 5.82 Å². The molecule has 0 bridgehead atoms. The molecule has 2 aromatic carbocycles. The van der Waals surface area contributed by atoms with E-state index >= 15 is 0 Å². The van der Waals surface area contributed by atoms with E-state index in [0.29, 0.717) is 13.1 Å². The minimum absolute atomic E-state index is 0.0108. The van der Waals surface area contributed by atoms with Crippen molar-refractivity contribution in [3.63, 3.8) is 0 Å². The molecule has 7 nitrogen and oxygen atoms in total. The summed E-state index contributed by atoms with van der Waals surface area (Å²) in [4.78, 5) is 36.2. The molecule has 1 N–H and O–H groups in total. The van der Waals surface area contributed by atoms with Crippen LogP contribution in [0.3, 0.4) is 0 Å². The lowest BCUT2D eigenvalue weighted by Gasteiger charge is -2.18. The maximum atomic E-state index is 12.8. The van der Waals surface area contributed by atoms with Crippen molar-refractivity contribution in [2.45, 2.75) is 32.2 Å². The Bertz CT molecular complexity index is 1390. The Morgan fingerprint density at radius 2 is 1.91 bits per heavy atom. The summed E-state index contributed by atoms with van der Waals surface area (Å²) in [6.45, 7) is 0.800. The van der Waals surface area contributed by atoms with E-state index < -0.39 is 0 Å². The number of carbonyl (C=O) groups is 2. The molecule has 0 saturated carbocycles. The molecule has 1 aliphatic carbocycles. The molecule has 1 unspecified atom stereocenters. The Kier molecular flexibility index (Phi) is 5.09. The maximum Gasteiger partial charge on any atom is 0.227 e. The van der Waals surface area contributed by atoms with Crippen molar-refractivity contribution in [1.29, 1.82) is 0 Å². The first kappa shape index (κ1) is 20.6. The second-order valence-corrected chi connectivity index (χ2v) is 9.06. The van der Waals surface area contributed by atoms with Crippen LogP contribution in [0.2, 0.25) is 0 Å². The summed E-state index contributed by atoms with van der Waals surface area (Å²) in [7, 11) is 0. The SMILES string of the molecule is O=C(NCc1ccc(-n2cnc3ccccc32)nc1)C1CC(=O)N(c2ccc3c(c2)CCC3)C1. The molecule has 1 aliphatic heterocycles. The van der Waals surface area contributed by atoms with Gasteiger partial charge in [0.25, 0.3) is 0 Å². The quantitative estimate of drug-likeness (QED) is 0.503. The Labute approximate surface area is 197 Å². The van der Waals surface area contributed by atoms with Crippen molar-refractivity contribution in [3.05, 3.63) is 83.8 Å². The van der Waals surface area contributed by atoms with Crippen LogP contribution in [-0.4, -0.2) is 32.9 Å². The molecule has 170 valence electrons. The van der Waals surface area contributed by atoms with E-state index in [2.05, 4.69) is 27.4 Å². The van der Waals surface area contributed by atoms with Gasteiger partial charge in [0.05, 0.1) is 17.0 Å². The van der Waals surface area contributed by atoms with E-state index in [9.17, 15) is 9.59 Å². The molecule has 7 heteroatoms. The number of aryl methyl sites for hydroxylation is 2. The molecule has 2 aliphatic rings. The third-order valence-corrected chi connectivity index (χ3v) is 6.87. The summed E-state index contributed by atoms with van der Waals surface area (Å²) in [6.07, 6.45) is 7.13. The first-order valence-corrected chi connectivity index (χ1v) is 11.7. The number of benzene rings is 2. The van der Waals surface area contributed by atoms with E-state index in [0.717, 1.165) is 40.9 Å². The molecule has 1 atom stereocenters. The van der Waals surface area contributed by atoms with Gasteiger partial charge in [-0.15, -0.1) is 0 Å². The summed E-state index contributed by atoms with van der Waals surface area (Å²) in [6, 6.07) is 18.0. The van der Waals surface area contributed by atoms with Crippen LogP contribution in [0.4, 0.5) is 5.69 Å². The van der Waals surface area contributed by atoms with Crippen molar-refractivity contribution < 1.29 is 9.59 Å². The lowest BCUT2D eigenvalue weighted by atomic mass is 10.1. The van der Waals surface area contributed by atoms with Crippen molar-refractivity contribution >= 4 is 28.5 Å². The molecule has 0 radical (unpaired) electrons. The number of pyridine rings is 1. The number of anilines is 1. The number of fused-ring (bicyclic) bond motifs is 2. The smallest absolute Gasteiger partial charge is 0.227 e. The van der Waals surface area contributed by atoms with E-state index in [4.69, 9.17) is 0 Å². The zero-order valence-corrected chi connectivity index (χ0v) is 18.8. The van der Waals surface area contributed by atoms with Gasteiger partial charge < -0.3 is 10.2 Å². The van der Waals surface area contributed by atoms with Crippen LogP contribution in [0, 0.1) is 5.92 Å². The normalized spacial score (nSPS) is 17.4. The van der Waals surface area contributed by atoms with Gasteiger partial charge in [-0.1, -0.05) is 24.3 Å². The first-order valence-electron chi connectivity index (χ1n) is 11.7. The molecule has 1 saturated heterocycles. The van der Waals surface area contributed by atoms with Gasteiger partial charge in [-0.3, -0.25) is 14.2 Å². The highest BCUT2D eigenvalue weighted by Gasteiger charge is 2.35. The Hall–Kier alpha value is -4.00. The number of para-hydroxylation sites is 2. The molecule has 34 heavy (non-hydrogen) atoms. The predicted octanol–water partition coefficient (Wildman–Crippen LogP) is 3.58. The van der Waals surface area contributed by atoms with Gasteiger partial charge in [-0.2, -0.15) is 0 Å². The highest BCUT2D eigenvalue weighted by molar-refractivity contribution is 6.00. The van der Waals surface area contributed by atoms with Gasteiger partial charge in [0, 0.05) is 31.4 Å². The Morgan fingerprint density at radius 3 is 2.79 bits per heavy atom. The van der Waals surface area contributed by atoms with Crippen LogP contribution >= 0.6 is 0 Å². The van der Waals surface area contributed by atoms with Gasteiger partial charge in [-0.25, -0.2) is 9.97 Å². The summed E-state index contributed by atoms with van der Waals surface area (Å²) >= 11 is 0. The van der Waals surface area contributed by atoms with Crippen molar-refractivity contribution in [1.82, 2.24) is 19.9 Å². The van der Waals surface area contributed by atoms with E-state index in [1.807, 2.05) is 47.0 Å². The molecule has 1 fully saturated rings. The number of amides is 2. The number of nitrogens with one attached hydrogen (secondary N) is 1. The van der Waals surface area contributed by atoms with Gasteiger partial charge >= 0.3 is 0 Å². The lowest BCUT2D eigenvalue weighted by molar-refractivity contribution is -0.126. The van der Waals surface area contributed by atoms with Gasteiger partial charge in [0.15, 0.2) is 0 Å². The average molecular weight is 452 g/mol. The lowest BCUT2D eigenvalue weighted by Crippen LogP contribution is -2.32. The topological polar surface area (TPSA) is 80.1 Å². The van der Waals surface area contributed by atoms with Gasteiger partial charge in [0.2, 0.25) is 11.8 Å². The monoisotopic (exact) mass is 451 g/mol. The summed E-state index contributed by atoms with van der Waals surface area (Å²) in [5.74, 6) is 0.346. The van der Waals surface area contributed by atoms with Crippen LogP contribution < -0.4 is 10.2 Å². The highest BCUT2D eigenvalue weighted by atomic mass is 16.2. The van der Waals surface area contributed by atoms with E-state index in [-0.39, 0.29) is 24.2 Å². The third kappa shape index (κ3) is 3.73. The molecule has 2 aromatic heterocycles. The van der Waals surface area contributed by atoms with E-state index in [1.165, 1.54) is 17.5 Å². The summed E-state index contributed by atoms with van der Waals surface area (Å²) in [5, 5.41) is 2.98. The maximum absolute atomic E-state index is 12.8.